The molecule has 23 heavy (non-hydrogen) atoms. The zero-order valence-electron chi connectivity index (χ0n) is 13.9. The normalized spacial score (nSPS) is 20.8. The third-order valence-electron chi connectivity index (χ3n) is 4.87. The van der Waals surface area contributed by atoms with E-state index in [4.69, 9.17) is 0 Å². The zero-order valence-corrected chi connectivity index (χ0v) is 13.9. The summed E-state index contributed by atoms with van der Waals surface area (Å²) < 4.78 is 0. The second-order valence-corrected chi connectivity index (χ2v) is 6.54. The summed E-state index contributed by atoms with van der Waals surface area (Å²) in [6.07, 6.45) is 4.37. The third-order valence-corrected chi connectivity index (χ3v) is 4.87. The zero-order chi connectivity index (χ0) is 16.4. The largest absolute Gasteiger partial charge is 0.338 e. The number of carbonyl (C=O) groups is 2. The van der Waals surface area contributed by atoms with Gasteiger partial charge in [-0.2, -0.15) is 0 Å². The van der Waals surface area contributed by atoms with Crippen LogP contribution in [0.3, 0.4) is 0 Å². The molecule has 2 aliphatic heterocycles. The first-order valence-corrected chi connectivity index (χ1v) is 8.34. The van der Waals surface area contributed by atoms with Crippen LogP contribution in [0.15, 0.2) is 35.9 Å². The van der Waals surface area contributed by atoms with Crippen molar-refractivity contribution in [2.75, 3.05) is 19.6 Å². The van der Waals surface area contributed by atoms with Gasteiger partial charge in [-0.05, 0) is 30.9 Å². The van der Waals surface area contributed by atoms with Crippen LogP contribution in [0.5, 0.6) is 0 Å². The summed E-state index contributed by atoms with van der Waals surface area (Å²) in [5, 5.41) is 0. The van der Waals surface area contributed by atoms with Crippen LogP contribution in [-0.4, -0.2) is 41.2 Å². The molecule has 2 amide bonds. The third kappa shape index (κ3) is 3.31. The summed E-state index contributed by atoms with van der Waals surface area (Å²) in [4.78, 5) is 28.5. The maximum absolute atomic E-state index is 12.8. The molecule has 0 bridgehead atoms. The van der Waals surface area contributed by atoms with Gasteiger partial charge in [-0.1, -0.05) is 35.9 Å². The van der Waals surface area contributed by atoms with E-state index in [1.165, 1.54) is 11.1 Å². The van der Waals surface area contributed by atoms with E-state index in [0.29, 0.717) is 19.5 Å². The number of hydrogen-bond acceptors (Lipinski definition) is 2. The minimum Gasteiger partial charge on any atom is -0.338 e. The predicted octanol–water partition coefficient (Wildman–Crippen LogP) is 2.70. The van der Waals surface area contributed by atoms with Crippen LogP contribution in [0.2, 0.25) is 0 Å². The Hall–Kier alpha value is -2.10. The Kier molecular flexibility index (Phi) is 4.51. The minimum absolute atomic E-state index is 0.0482. The summed E-state index contributed by atoms with van der Waals surface area (Å²) in [6.45, 7) is 5.86. The highest BCUT2D eigenvalue weighted by atomic mass is 16.2. The molecule has 4 nitrogen and oxygen atoms in total. The first-order chi connectivity index (χ1) is 11.1. The molecule has 0 fully saturated rings. The highest BCUT2D eigenvalue weighted by Crippen LogP contribution is 2.33. The summed E-state index contributed by atoms with van der Waals surface area (Å²) in [5.41, 5.74) is 3.64. The van der Waals surface area contributed by atoms with E-state index in [0.717, 1.165) is 24.9 Å². The summed E-state index contributed by atoms with van der Waals surface area (Å²) >= 11 is 0. The number of rotatable bonds is 2. The highest BCUT2D eigenvalue weighted by Gasteiger charge is 2.32. The number of amides is 2. The van der Waals surface area contributed by atoms with Gasteiger partial charge in [0.2, 0.25) is 11.8 Å². The van der Waals surface area contributed by atoms with Gasteiger partial charge in [-0.3, -0.25) is 9.59 Å². The van der Waals surface area contributed by atoms with Crippen molar-refractivity contribution in [2.24, 2.45) is 0 Å². The van der Waals surface area contributed by atoms with Gasteiger partial charge in [0.05, 0.1) is 12.5 Å². The molecular weight excluding hydrogens is 288 g/mol. The average molecular weight is 312 g/mol. The van der Waals surface area contributed by atoms with Crippen molar-refractivity contribution in [3.8, 4) is 0 Å². The Morgan fingerprint density at radius 2 is 2.00 bits per heavy atom. The maximum atomic E-state index is 12.8. The standard InChI is InChI=1S/C19H24N2O2/c1-14-6-5-10-20(13-14)19(23)12-18-17-8-4-3-7-16(17)9-11-21(18)15(2)22/h3-4,6-8,18H,5,9-13H2,1-2H3. The van der Waals surface area contributed by atoms with E-state index in [-0.39, 0.29) is 17.9 Å². The van der Waals surface area contributed by atoms with Gasteiger partial charge in [0.15, 0.2) is 0 Å². The van der Waals surface area contributed by atoms with Crippen LogP contribution < -0.4 is 0 Å². The van der Waals surface area contributed by atoms with Gasteiger partial charge in [-0.15, -0.1) is 0 Å². The smallest absolute Gasteiger partial charge is 0.225 e. The molecule has 1 unspecified atom stereocenters. The first kappa shape index (κ1) is 15.8. The molecule has 0 aromatic heterocycles. The van der Waals surface area contributed by atoms with Crippen molar-refractivity contribution in [1.82, 2.24) is 9.80 Å². The molecular formula is C19H24N2O2. The molecule has 1 atom stereocenters. The molecule has 1 aromatic carbocycles. The maximum Gasteiger partial charge on any atom is 0.225 e. The van der Waals surface area contributed by atoms with E-state index in [1.54, 1.807) is 6.92 Å². The van der Waals surface area contributed by atoms with Crippen molar-refractivity contribution in [2.45, 2.75) is 39.2 Å². The molecule has 0 saturated heterocycles. The fourth-order valence-corrected chi connectivity index (χ4v) is 3.67. The number of benzene rings is 1. The molecule has 2 heterocycles. The average Bonchev–Trinajstić information content (AvgIpc) is 2.54. The molecule has 0 aliphatic carbocycles. The van der Waals surface area contributed by atoms with E-state index >= 15 is 0 Å². The number of hydrogen-bond donors (Lipinski definition) is 0. The summed E-state index contributed by atoms with van der Waals surface area (Å²) in [6, 6.07) is 8.06. The Labute approximate surface area is 137 Å². The lowest BCUT2D eigenvalue weighted by molar-refractivity contribution is -0.136. The SMILES string of the molecule is CC(=O)N1CCc2ccccc2C1CC(=O)N1CCC=C(C)C1. The van der Waals surface area contributed by atoms with Crippen LogP contribution in [0.1, 0.15) is 43.9 Å². The molecule has 3 rings (SSSR count). The number of nitrogens with zero attached hydrogens (tertiary/aromatic N) is 2. The van der Waals surface area contributed by atoms with Gasteiger partial charge in [0, 0.05) is 26.6 Å². The second-order valence-electron chi connectivity index (χ2n) is 6.54. The number of fused-ring (bicyclic) bond motifs is 1. The minimum atomic E-state index is -0.129. The first-order valence-electron chi connectivity index (χ1n) is 8.34. The fraction of sp³-hybridized carbons (Fsp3) is 0.474. The van der Waals surface area contributed by atoms with Crippen LogP contribution >= 0.6 is 0 Å². The molecule has 0 saturated carbocycles. The Morgan fingerprint density at radius 1 is 1.22 bits per heavy atom. The second kappa shape index (κ2) is 6.57. The predicted molar refractivity (Wildman–Crippen MR) is 89.8 cm³/mol. The van der Waals surface area contributed by atoms with Gasteiger partial charge in [0.25, 0.3) is 0 Å². The molecule has 1 aromatic rings. The molecule has 2 aliphatic rings. The quantitative estimate of drug-likeness (QED) is 0.788. The van der Waals surface area contributed by atoms with Crippen molar-refractivity contribution >= 4 is 11.8 Å². The van der Waals surface area contributed by atoms with E-state index in [9.17, 15) is 9.59 Å². The van der Waals surface area contributed by atoms with Crippen molar-refractivity contribution in [1.29, 1.82) is 0 Å². The summed E-state index contributed by atoms with van der Waals surface area (Å²) in [7, 11) is 0. The van der Waals surface area contributed by atoms with Gasteiger partial charge in [-0.25, -0.2) is 0 Å². The fourth-order valence-electron chi connectivity index (χ4n) is 3.67. The molecule has 0 spiro atoms. The van der Waals surface area contributed by atoms with Crippen LogP contribution in [0.25, 0.3) is 0 Å². The summed E-state index contributed by atoms with van der Waals surface area (Å²) in [5.74, 6) is 0.192. The molecule has 0 radical (unpaired) electrons. The van der Waals surface area contributed by atoms with Gasteiger partial charge in [0.1, 0.15) is 0 Å². The van der Waals surface area contributed by atoms with E-state index in [2.05, 4.69) is 25.1 Å². The Balaban J connectivity index is 1.82. The van der Waals surface area contributed by atoms with Gasteiger partial charge < -0.3 is 9.80 Å². The molecule has 4 heteroatoms. The van der Waals surface area contributed by atoms with E-state index < -0.39 is 0 Å². The number of carbonyl (C=O) groups excluding carboxylic acids is 2. The van der Waals surface area contributed by atoms with E-state index in [1.807, 2.05) is 21.9 Å². The lowest BCUT2D eigenvalue weighted by Gasteiger charge is -2.38. The van der Waals surface area contributed by atoms with Crippen molar-refractivity contribution in [3.63, 3.8) is 0 Å². The monoisotopic (exact) mass is 312 g/mol. The van der Waals surface area contributed by atoms with Crippen molar-refractivity contribution < 1.29 is 9.59 Å². The van der Waals surface area contributed by atoms with Gasteiger partial charge >= 0.3 is 0 Å². The topological polar surface area (TPSA) is 40.6 Å². The molecule has 0 N–H and O–H groups in total. The van der Waals surface area contributed by atoms with Crippen LogP contribution in [-0.2, 0) is 16.0 Å². The lowest BCUT2D eigenvalue weighted by Crippen LogP contribution is -2.43. The van der Waals surface area contributed by atoms with Crippen LogP contribution in [0, 0.1) is 0 Å². The Bertz CT molecular complexity index is 651. The molecule has 122 valence electrons. The van der Waals surface area contributed by atoms with Crippen LogP contribution in [0.4, 0.5) is 0 Å². The Morgan fingerprint density at radius 3 is 2.74 bits per heavy atom. The highest BCUT2D eigenvalue weighted by molar-refractivity contribution is 5.80. The van der Waals surface area contributed by atoms with Crippen molar-refractivity contribution in [3.05, 3.63) is 47.0 Å². The lowest BCUT2D eigenvalue weighted by atomic mass is 9.90.